The fourth-order valence-corrected chi connectivity index (χ4v) is 3.27. The fourth-order valence-electron chi connectivity index (χ4n) is 3.27. The minimum Gasteiger partial charge on any atom is -0.550 e. The largest absolute Gasteiger partial charge is 1.00 e. The Kier molecular flexibility index (Phi) is 13.5. The number of benzene rings is 1. The minimum absolute atomic E-state index is 0. The molecule has 14 heteroatoms. The summed E-state index contributed by atoms with van der Waals surface area (Å²) in [5.41, 5.74) is 7.43. The molecular weight excluding hydrogens is 468 g/mol. The van der Waals surface area contributed by atoms with Gasteiger partial charge >= 0.3 is 59.1 Å². The van der Waals surface area contributed by atoms with E-state index in [1.807, 2.05) is 0 Å². The Balaban J connectivity index is 0.00000363. The molecule has 0 bridgehead atoms. The Labute approximate surface area is 239 Å². The van der Waals surface area contributed by atoms with Crippen molar-refractivity contribution >= 4 is 35.5 Å². The number of carbonyl (C=O) groups excluding carboxylic acids is 4. The van der Waals surface area contributed by atoms with E-state index >= 15 is 0 Å². The van der Waals surface area contributed by atoms with Gasteiger partial charge in [0, 0.05) is 17.7 Å². The molecular formula is C20H21N5Na2O7. The van der Waals surface area contributed by atoms with Gasteiger partial charge in [-0.2, -0.15) is 4.99 Å². The summed E-state index contributed by atoms with van der Waals surface area (Å²) in [6, 6.07) is 5.03. The van der Waals surface area contributed by atoms with Crippen LogP contribution >= 0.6 is 0 Å². The molecule has 0 saturated heterocycles. The number of hydrogen-bond donors (Lipinski definition) is 3. The van der Waals surface area contributed by atoms with E-state index in [9.17, 15) is 29.4 Å². The molecule has 34 heavy (non-hydrogen) atoms. The van der Waals surface area contributed by atoms with Crippen molar-refractivity contribution in [2.24, 2.45) is 21.6 Å². The van der Waals surface area contributed by atoms with Crippen LogP contribution in [-0.2, 0) is 20.8 Å². The maximum atomic E-state index is 12.2. The number of amides is 2. The predicted octanol–water partition coefficient (Wildman–Crippen LogP) is -9.46. The van der Waals surface area contributed by atoms with Crippen LogP contribution < -0.4 is 85.7 Å². The topological polar surface area (TPSA) is 221 Å². The first-order chi connectivity index (χ1) is 14.7. The van der Waals surface area contributed by atoms with E-state index in [-0.39, 0.29) is 88.4 Å². The van der Waals surface area contributed by atoms with Gasteiger partial charge in [-0.25, -0.2) is 4.99 Å². The van der Waals surface area contributed by atoms with Gasteiger partial charge in [0.25, 0.3) is 5.91 Å². The van der Waals surface area contributed by atoms with E-state index in [0.717, 1.165) is 11.1 Å². The van der Waals surface area contributed by atoms with Gasteiger partial charge in [-0.05, 0) is 49.0 Å². The first kappa shape index (κ1) is 31.9. The quantitative estimate of drug-likeness (QED) is 0.284. The standard InChI is InChI=1S/C20H21N5O6.2Na.H2O/c21-20-24-16-15(18(29)25-20)12(9-22-16)6-3-10-1-4-11(5-2-10)17(28)23-13(19(30)31)7-8-14(26)27;;;/h1-2,4-5,9,13,15H,3,6-8H2,(H,23,28)(H,26,27)(H,30,31)(H3,21,22,24,25,29);;;1H2/q;2*+1;/p-2/t13-,15?;;;/m0.../s1. The van der Waals surface area contributed by atoms with E-state index in [1.54, 1.807) is 18.3 Å². The third-order valence-electron chi connectivity index (χ3n) is 4.89. The molecule has 0 fully saturated rings. The molecule has 0 radical (unpaired) electrons. The third-order valence-corrected chi connectivity index (χ3v) is 4.89. The minimum atomic E-state index is -1.57. The molecule has 170 valence electrons. The van der Waals surface area contributed by atoms with Crippen LogP contribution in [0.3, 0.4) is 0 Å². The number of aliphatic imine (C=N–C) groups is 2. The molecule has 1 aromatic rings. The normalized spacial score (nSPS) is 16.5. The van der Waals surface area contributed by atoms with Gasteiger partial charge in [-0.3, -0.25) is 14.9 Å². The zero-order valence-corrected chi connectivity index (χ0v) is 22.8. The predicted molar refractivity (Wildman–Crippen MR) is 108 cm³/mol. The molecule has 2 atom stereocenters. The Hall–Kier alpha value is -2.06. The smallest absolute Gasteiger partial charge is 0.550 e. The molecule has 1 aromatic carbocycles. The summed E-state index contributed by atoms with van der Waals surface area (Å²) in [5.74, 6) is -4.10. The van der Waals surface area contributed by atoms with Gasteiger partial charge in [0.1, 0.15) is 11.8 Å². The van der Waals surface area contributed by atoms with E-state index in [4.69, 9.17) is 5.73 Å². The summed E-state index contributed by atoms with van der Waals surface area (Å²) in [7, 11) is 0. The Morgan fingerprint density at radius 1 is 1.12 bits per heavy atom. The Morgan fingerprint density at radius 2 is 1.76 bits per heavy atom. The van der Waals surface area contributed by atoms with Crippen LogP contribution in [0.4, 0.5) is 0 Å². The molecule has 0 aliphatic carbocycles. The molecule has 2 heterocycles. The van der Waals surface area contributed by atoms with Crippen molar-refractivity contribution in [3.63, 3.8) is 0 Å². The van der Waals surface area contributed by atoms with E-state index in [1.165, 1.54) is 12.1 Å². The number of amidine groups is 1. The van der Waals surface area contributed by atoms with E-state index in [0.29, 0.717) is 18.7 Å². The molecule has 6 N–H and O–H groups in total. The maximum Gasteiger partial charge on any atom is 1.00 e. The molecule has 12 nitrogen and oxygen atoms in total. The van der Waals surface area contributed by atoms with Crippen molar-refractivity contribution in [1.29, 1.82) is 0 Å². The van der Waals surface area contributed by atoms with Crippen molar-refractivity contribution in [3.8, 4) is 0 Å². The van der Waals surface area contributed by atoms with Crippen molar-refractivity contribution in [2.45, 2.75) is 31.7 Å². The number of guanidine groups is 1. The van der Waals surface area contributed by atoms with Crippen LogP contribution in [0.2, 0.25) is 0 Å². The maximum absolute atomic E-state index is 12.2. The number of hydrogen-bond acceptors (Lipinski definition) is 9. The number of rotatable bonds is 9. The number of nitrogens with one attached hydrogen (secondary N) is 2. The monoisotopic (exact) mass is 489 g/mol. The summed E-state index contributed by atoms with van der Waals surface area (Å²) >= 11 is 0. The number of carboxylic acids is 2. The summed E-state index contributed by atoms with van der Waals surface area (Å²) < 4.78 is 0. The SMILES string of the molecule is NC1=NC2=NC=C(CCc3ccc(C(=O)N[C@@H](CCC(=O)[O-])C(=O)[O-])cc3)C2C(=O)N1.O.[Na+].[Na+]. The number of aryl methyl sites for hydroxylation is 1. The van der Waals surface area contributed by atoms with Crippen molar-refractivity contribution < 1.29 is 94.0 Å². The molecule has 0 aromatic heterocycles. The van der Waals surface area contributed by atoms with Crippen LogP contribution in [0.1, 0.15) is 35.2 Å². The van der Waals surface area contributed by atoms with Gasteiger partial charge in [-0.1, -0.05) is 12.1 Å². The summed E-state index contributed by atoms with van der Waals surface area (Å²) in [6.07, 6.45) is 1.87. The molecule has 3 rings (SSSR count). The molecule has 0 spiro atoms. The average molecular weight is 489 g/mol. The van der Waals surface area contributed by atoms with Crippen molar-refractivity contribution in [3.05, 3.63) is 47.2 Å². The van der Waals surface area contributed by atoms with Crippen LogP contribution in [0.15, 0.2) is 46.0 Å². The molecule has 2 amide bonds. The number of carboxylic acid groups (broad SMARTS) is 2. The van der Waals surface area contributed by atoms with Gasteiger partial charge in [0.2, 0.25) is 11.9 Å². The summed E-state index contributed by atoms with van der Waals surface area (Å²) in [4.78, 5) is 54.1. The molecule has 0 saturated carbocycles. The van der Waals surface area contributed by atoms with Gasteiger partial charge in [0.05, 0.1) is 12.0 Å². The number of fused-ring (bicyclic) bond motifs is 1. The average Bonchev–Trinajstić information content (AvgIpc) is 3.12. The zero-order valence-electron chi connectivity index (χ0n) is 18.8. The van der Waals surface area contributed by atoms with Gasteiger partial charge < -0.3 is 36.3 Å². The molecule has 1 unspecified atom stereocenters. The van der Waals surface area contributed by atoms with Gasteiger partial charge in [0.15, 0.2) is 0 Å². The second kappa shape index (κ2) is 14.4. The summed E-state index contributed by atoms with van der Waals surface area (Å²) in [5, 5.41) is 26.3. The fraction of sp³-hybridized carbons (Fsp3) is 0.300. The summed E-state index contributed by atoms with van der Waals surface area (Å²) in [6.45, 7) is 0. The van der Waals surface area contributed by atoms with Crippen LogP contribution in [0.25, 0.3) is 0 Å². The number of carbonyl (C=O) groups is 4. The number of nitrogens with two attached hydrogens (primary N) is 1. The van der Waals surface area contributed by atoms with Gasteiger partial charge in [-0.15, -0.1) is 0 Å². The first-order valence-corrected chi connectivity index (χ1v) is 9.46. The molecule has 2 aliphatic heterocycles. The van der Waals surface area contributed by atoms with E-state index in [2.05, 4.69) is 20.6 Å². The van der Waals surface area contributed by atoms with Crippen LogP contribution in [-0.4, -0.2) is 47.1 Å². The third kappa shape index (κ3) is 8.31. The van der Waals surface area contributed by atoms with E-state index < -0.39 is 36.2 Å². The molecule has 2 aliphatic rings. The number of nitrogens with zero attached hydrogens (tertiary/aromatic N) is 2. The zero-order chi connectivity index (χ0) is 22.5. The Bertz CT molecular complexity index is 1020. The second-order valence-electron chi connectivity index (χ2n) is 7.06. The first-order valence-electron chi connectivity index (χ1n) is 9.46. The Morgan fingerprint density at radius 3 is 2.35 bits per heavy atom. The van der Waals surface area contributed by atoms with Crippen LogP contribution in [0.5, 0.6) is 0 Å². The van der Waals surface area contributed by atoms with Crippen molar-refractivity contribution in [2.75, 3.05) is 0 Å². The second-order valence-corrected chi connectivity index (χ2v) is 7.06. The van der Waals surface area contributed by atoms with Crippen LogP contribution in [0, 0.1) is 5.92 Å². The van der Waals surface area contributed by atoms with Crippen molar-refractivity contribution in [1.82, 2.24) is 10.6 Å². The number of aliphatic carboxylic acids is 2.